The Kier molecular flexibility index (Phi) is 4.42. The van der Waals surface area contributed by atoms with Crippen molar-refractivity contribution in [3.05, 3.63) is 38.6 Å². The number of halogens is 3. The molecule has 0 N–H and O–H groups in total. The zero-order chi connectivity index (χ0) is 13.1. The van der Waals surface area contributed by atoms with Crippen molar-refractivity contribution in [1.29, 1.82) is 0 Å². The van der Waals surface area contributed by atoms with Crippen LogP contribution in [-0.4, -0.2) is 17.1 Å². The Morgan fingerprint density at radius 1 is 1.22 bits per heavy atom. The Hall–Kier alpha value is -0.850. The molecule has 2 rings (SSSR count). The van der Waals surface area contributed by atoms with Crippen molar-refractivity contribution < 1.29 is 9.47 Å². The molecule has 2 aromatic rings. The molecule has 0 atom stereocenters. The standard InChI is InChI=1S/C11H7Br2ClN2O2/c1-17-6-2-3-9(7(12)4-6)18-10-8(13)5-15-11(14)16-10/h2-5H,1H3. The molecule has 0 fully saturated rings. The summed E-state index contributed by atoms with van der Waals surface area (Å²) in [6.07, 6.45) is 1.53. The van der Waals surface area contributed by atoms with Gasteiger partial charge in [-0.2, -0.15) is 4.98 Å². The third-order valence-corrected chi connectivity index (χ3v) is 3.37. The fraction of sp³-hybridized carbons (Fsp3) is 0.0909. The van der Waals surface area contributed by atoms with Crippen LogP contribution >= 0.6 is 43.5 Å². The number of ether oxygens (including phenoxy) is 2. The lowest BCUT2D eigenvalue weighted by Crippen LogP contribution is -1.93. The van der Waals surface area contributed by atoms with Gasteiger partial charge in [0.2, 0.25) is 11.2 Å². The molecule has 4 nitrogen and oxygen atoms in total. The van der Waals surface area contributed by atoms with Gasteiger partial charge in [0, 0.05) is 6.20 Å². The van der Waals surface area contributed by atoms with Gasteiger partial charge < -0.3 is 9.47 Å². The van der Waals surface area contributed by atoms with Gasteiger partial charge in [0.15, 0.2) is 0 Å². The van der Waals surface area contributed by atoms with Gasteiger partial charge >= 0.3 is 0 Å². The molecule has 0 spiro atoms. The van der Waals surface area contributed by atoms with Gasteiger partial charge in [-0.05, 0) is 61.7 Å². The Balaban J connectivity index is 2.31. The van der Waals surface area contributed by atoms with Gasteiger partial charge in [0.25, 0.3) is 0 Å². The largest absolute Gasteiger partial charge is 0.497 e. The van der Waals surface area contributed by atoms with Crippen LogP contribution in [0.4, 0.5) is 0 Å². The smallest absolute Gasteiger partial charge is 0.238 e. The summed E-state index contributed by atoms with van der Waals surface area (Å²) in [7, 11) is 1.60. The number of hydrogen-bond donors (Lipinski definition) is 0. The Labute approximate surface area is 126 Å². The molecule has 0 amide bonds. The number of methoxy groups -OCH3 is 1. The summed E-state index contributed by atoms with van der Waals surface area (Å²) in [5.41, 5.74) is 0. The van der Waals surface area contributed by atoms with Crippen molar-refractivity contribution >= 4 is 43.5 Å². The summed E-state index contributed by atoms with van der Waals surface area (Å²) in [5.74, 6) is 1.68. The van der Waals surface area contributed by atoms with Crippen LogP contribution < -0.4 is 9.47 Å². The van der Waals surface area contributed by atoms with E-state index < -0.39 is 0 Å². The summed E-state index contributed by atoms with van der Waals surface area (Å²) in [5, 5.41) is 0.123. The second kappa shape index (κ2) is 5.86. The molecule has 0 saturated carbocycles. The van der Waals surface area contributed by atoms with Crippen LogP contribution in [0.1, 0.15) is 0 Å². The number of rotatable bonds is 3. The zero-order valence-corrected chi connectivity index (χ0v) is 13.1. The molecular weight excluding hydrogens is 387 g/mol. The van der Waals surface area contributed by atoms with E-state index >= 15 is 0 Å². The van der Waals surface area contributed by atoms with Crippen LogP contribution in [0.15, 0.2) is 33.3 Å². The van der Waals surface area contributed by atoms with Crippen molar-refractivity contribution in [2.45, 2.75) is 0 Å². The van der Waals surface area contributed by atoms with Crippen LogP contribution in [-0.2, 0) is 0 Å². The number of hydrogen-bond acceptors (Lipinski definition) is 4. The first-order valence-corrected chi connectivity index (χ1v) is 6.76. The Morgan fingerprint density at radius 3 is 2.67 bits per heavy atom. The molecule has 0 bridgehead atoms. The average molecular weight is 394 g/mol. The predicted octanol–water partition coefficient (Wildman–Crippen LogP) is 4.46. The highest BCUT2D eigenvalue weighted by molar-refractivity contribution is 9.11. The van der Waals surface area contributed by atoms with Gasteiger partial charge in [-0.1, -0.05) is 0 Å². The molecule has 0 aliphatic carbocycles. The molecule has 94 valence electrons. The van der Waals surface area contributed by atoms with Crippen molar-refractivity contribution in [2.75, 3.05) is 7.11 Å². The van der Waals surface area contributed by atoms with Gasteiger partial charge in [0.05, 0.1) is 16.1 Å². The first kappa shape index (κ1) is 13.6. The summed E-state index contributed by atoms with van der Waals surface area (Å²) in [6, 6.07) is 5.36. The molecule has 0 aliphatic heterocycles. The van der Waals surface area contributed by atoms with Crippen LogP contribution in [0.5, 0.6) is 17.4 Å². The van der Waals surface area contributed by atoms with Crippen LogP contribution in [0, 0.1) is 0 Å². The lowest BCUT2D eigenvalue weighted by atomic mass is 10.3. The molecule has 1 aromatic heterocycles. The van der Waals surface area contributed by atoms with E-state index in [1.807, 2.05) is 0 Å². The summed E-state index contributed by atoms with van der Waals surface area (Å²) >= 11 is 12.4. The molecule has 0 radical (unpaired) electrons. The first-order valence-electron chi connectivity index (χ1n) is 4.79. The van der Waals surface area contributed by atoms with Crippen molar-refractivity contribution in [2.24, 2.45) is 0 Å². The fourth-order valence-electron chi connectivity index (χ4n) is 1.20. The molecule has 1 aromatic carbocycles. The lowest BCUT2D eigenvalue weighted by molar-refractivity contribution is 0.411. The summed E-state index contributed by atoms with van der Waals surface area (Å²) in [6.45, 7) is 0. The van der Waals surface area contributed by atoms with Gasteiger partial charge in [-0.25, -0.2) is 4.98 Å². The van der Waals surface area contributed by atoms with E-state index in [2.05, 4.69) is 41.8 Å². The van der Waals surface area contributed by atoms with E-state index in [0.29, 0.717) is 16.1 Å². The molecule has 0 saturated heterocycles. The average Bonchev–Trinajstić information content (AvgIpc) is 2.36. The second-order valence-electron chi connectivity index (χ2n) is 3.19. The maximum atomic E-state index is 5.72. The maximum absolute atomic E-state index is 5.72. The number of benzene rings is 1. The van der Waals surface area contributed by atoms with Gasteiger partial charge in [-0.15, -0.1) is 0 Å². The highest BCUT2D eigenvalue weighted by atomic mass is 79.9. The highest BCUT2D eigenvalue weighted by Gasteiger charge is 2.09. The van der Waals surface area contributed by atoms with Crippen molar-refractivity contribution in [1.82, 2.24) is 9.97 Å². The molecule has 0 unspecified atom stereocenters. The molecule has 18 heavy (non-hydrogen) atoms. The minimum atomic E-state index is 0.123. The normalized spacial score (nSPS) is 10.2. The van der Waals surface area contributed by atoms with Gasteiger partial charge in [0.1, 0.15) is 11.5 Å². The Morgan fingerprint density at radius 2 is 2.00 bits per heavy atom. The third-order valence-electron chi connectivity index (χ3n) is 2.03. The minimum absolute atomic E-state index is 0.123. The highest BCUT2D eigenvalue weighted by Crippen LogP contribution is 2.34. The number of nitrogens with zero attached hydrogens (tertiary/aromatic N) is 2. The van der Waals surface area contributed by atoms with Gasteiger partial charge in [-0.3, -0.25) is 0 Å². The summed E-state index contributed by atoms with van der Waals surface area (Å²) in [4.78, 5) is 7.81. The lowest BCUT2D eigenvalue weighted by Gasteiger charge is -2.09. The quantitative estimate of drug-likeness (QED) is 0.721. The SMILES string of the molecule is COc1ccc(Oc2nc(Cl)ncc2Br)c(Br)c1. The molecule has 0 aliphatic rings. The van der Waals surface area contributed by atoms with E-state index in [0.717, 1.165) is 10.2 Å². The fourth-order valence-corrected chi connectivity index (χ4v) is 2.03. The minimum Gasteiger partial charge on any atom is -0.497 e. The first-order chi connectivity index (χ1) is 8.60. The predicted molar refractivity (Wildman–Crippen MR) is 75.5 cm³/mol. The van der Waals surface area contributed by atoms with Crippen LogP contribution in [0.25, 0.3) is 0 Å². The van der Waals surface area contributed by atoms with E-state index in [9.17, 15) is 0 Å². The second-order valence-corrected chi connectivity index (χ2v) is 5.24. The molecule has 1 heterocycles. The number of aromatic nitrogens is 2. The van der Waals surface area contributed by atoms with E-state index in [4.69, 9.17) is 21.1 Å². The molecular formula is C11H7Br2ClN2O2. The van der Waals surface area contributed by atoms with E-state index in [1.165, 1.54) is 6.20 Å². The monoisotopic (exact) mass is 392 g/mol. The van der Waals surface area contributed by atoms with E-state index in [1.54, 1.807) is 25.3 Å². The van der Waals surface area contributed by atoms with Crippen molar-refractivity contribution in [3.8, 4) is 17.4 Å². The van der Waals surface area contributed by atoms with Crippen molar-refractivity contribution in [3.63, 3.8) is 0 Å². The Bertz CT molecular complexity index is 581. The molecule has 7 heteroatoms. The topological polar surface area (TPSA) is 44.2 Å². The third kappa shape index (κ3) is 3.13. The summed E-state index contributed by atoms with van der Waals surface area (Å²) < 4.78 is 12.1. The maximum Gasteiger partial charge on any atom is 0.238 e. The van der Waals surface area contributed by atoms with E-state index in [-0.39, 0.29) is 5.28 Å². The van der Waals surface area contributed by atoms with Crippen LogP contribution in [0.2, 0.25) is 5.28 Å². The van der Waals surface area contributed by atoms with Crippen LogP contribution in [0.3, 0.4) is 0 Å². The zero-order valence-electron chi connectivity index (χ0n) is 9.15.